The van der Waals surface area contributed by atoms with Crippen LogP contribution in [0.5, 0.6) is 0 Å². The number of nitrogens with zero attached hydrogens (tertiary/aromatic N) is 1. The minimum atomic E-state index is -1.38. The molecule has 6 heteroatoms. The number of carbonyl (C=O) groups is 2. The van der Waals surface area contributed by atoms with Gasteiger partial charge >= 0.3 is 5.97 Å². The highest BCUT2D eigenvalue weighted by Gasteiger charge is 2.15. The predicted octanol–water partition coefficient (Wildman–Crippen LogP) is 0.222. The quantitative estimate of drug-likeness (QED) is 0.591. The van der Waals surface area contributed by atoms with Crippen LogP contribution in [0.4, 0.5) is 0 Å². The zero-order valence-corrected chi connectivity index (χ0v) is 10.9. The molecule has 0 fully saturated rings. The molecule has 0 saturated heterocycles. The maximum atomic E-state index is 11.4. The molecular weight excluding hydrogens is 260 g/mol. The van der Waals surface area contributed by atoms with Gasteiger partial charge in [-0.2, -0.15) is 5.26 Å². The van der Waals surface area contributed by atoms with Gasteiger partial charge in [0, 0.05) is 6.08 Å². The summed E-state index contributed by atoms with van der Waals surface area (Å²) in [5, 5.41) is 20.3. The van der Waals surface area contributed by atoms with Gasteiger partial charge in [-0.3, -0.25) is 4.79 Å². The first-order valence-corrected chi connectivity index (χ1v) is 5.78. The third-order valence-corrected chi connectivity index (χ3v) is 2.41. The van der Waals surface area contributed by atoms with Crippen LogP contribution in [0.25, 0.3) is 6.08 Å². The maximum absolute atomic E-state index is 11.4. The van der Waals surface area contributed by atoms with Crippen molar-refractivity contribution >= 4 is 18.0 Å². The van der Waals surface area contributed by atoms with Crippen LogP contribution in [0.15, 0.2) is 30.3 Å². The lowest BCUT2D eigenvalue weighted by atomic mass is 10.1. The summed E-state index contributed by atoms with van der Waals surface area (Å²) in [6, 6.07) is 8.67. The maximum Gasteiger partial charge on any atom is 0.336 e. The normalized spacial score (nSPS) is 11.7. The van der Waals surface area contributed by atoms with E-state index < -0.39 is 18.0 Å². The Kier molecular flexibility index (Phi) is 5.94. The molecule has 0 aromatic heterocycles. The van der Waals surface area contributed by atoms with Gasteiger partial charge in [0.25, 0.3) is 0 Å². The summed E-state index contributed by atoms with van der Waals surface area (Å²) in [5.74, 6) is -1.25. The molecule has 0 radical (unpaired) electrons. The van der Waals surface area contributed by atoms with E-state index in [0.717, 1.165) is 12.7 Å². The van der Waals surface area contributed by atoms with E-state index in [4.69, 9.17) is 5.26 Å². The van der Waals surface area contributed by atoms with E-state index in [9.17, 15) is 14.7 Å². The van der Waals surface area contributed by atoms with Crippen molar-refractivity contribution in [2.24, 2.45) is 0 Å². The molecule has 104 valence electrons. The number of hydrogen-bond acceptors (Lipinski definition) is 5. The summed E-state index contributed by atoms with van der Waals surface area (Å²) >= 11 is 0. The van der Waals surface area contributed by atoms with E-state index in [1.165, 1.54) is 6.08 Å². The lowest BCUT2D eigenvalue weighted by Crippen LogP contribution is -2.36. The lowest BCUT2D eigenvalue weighted by Gasteiger charge is -2.07. The average Bonchev–Trinajstić information content (AvgIpc) is 2.50. The van der Waals surface area contributed by atoms with Crippen molar-refractivity contribution in [3.05, 3.63) is 41.5 Å². The van der Waals surface area contributed by atoms with Gasteiger partial charge in [0.15, 0.2) is 6.10 Å². The van der Waals surface area contributed by atoms with Crippen LogP contribution in [-0.4, -0.2) is 36.7 Å². The molecule has 6 nitrogen and oxygen atoms in total. The fraction of sp³-hybridized carbons (Fsp3) is 0.214. The molecule has 1 amide bonds. The average molecular weight is 274 g/mol. The van der Waals surface area contributed by atoms with Crippen molar-refractivity contribution in [1.82, 2.24) is 5.32 Å². The first-order valence-electron chi connectivity index (χ1n) is 5.78. The Labute approximate surface area is 116 Å². The highest BCUT2D eigenvalue weighted by atomic mass is 16.5. The van der Waals surface area contributed by atoms with Gasteiger partial charge in [-0.15, -0.1) is 0 Å². The van der Waals surface area contributed by atoms with Crippen LogP contribution in [0.3, 0.4) is 0 Å². The zero-order chi connectivity index (χ0) is 15.0. The van der Waals surface area contributed by atoms with Crippen LogP contribution in [0.2, 0.25) is 0 Å². The van der Waals surface area contributed by atoms with Gasteiger partial charge in [-0.25, -0.2) is 4.79 Å². The number of carbonyl (C=O) groups excluding carboxylic acids is 2. The molecule has 0 bridgehead atoms. The second-order valence-corrected chi connectivity index (χ2v) is 3.85. The SMILES string of the molecule is COC(=O)C(O)CNC(=O)/C=C/c1ccc(C#N)cc1. The molecule has 0 aliphatic heterocycles. The fourth-order valence-corrected chi connectivity index (χ4v) is 1.32. The third-order valence-electron chi connectivity index (χ3n) is 2.41. The van der Waals surface area contributed by atoms with E-state index in [1.807, 2.05) is 6.07 Å². The third kappa shape index (κ3) is 4.92. The molecule has 0 saturated carbocycles. The number of nitrogens with one attached hydrogen (secondary N) is 1. The Morgan fingerprint density at radius 2 is 2.10 bits per heavy atom. The standard InChI is InChI=1S/C14H14N2O4/c1-20-14(19)12(17)9-16-13(18)7-6-10-2-4-11(8-15)5-3-10/h2-7,12,17H,9H2,1H3,(H,16,18)/b7-6+. The number of hydrogen-bond donors (Lipinski definition) is 2. The summed E-state index contributed by atoms with van der Waals surface area (Å²) in [6.07, 6.45) is 1.44. The van der Waals surface area contributed by atoms with Gasteiger partial charge in [0.1, 0.15) is 0 Å². The van der Waals surface area contributed by atoms with Crippen molar-refractivity contribution < 1.29 is 19.4 Å². The van der Waals surface area contributed by atoms with Gasteiger partial charge in [-0.1, -0.05) is 12.1 Å². The Hall–Kier alpha value is -2.65. The number of esters is 1. The number of methoxy groups -OCH3 is 1. The second kappa shape index (κ2) is 7.71. The van der Waals surface area contributed by atoms with Gasteiger partial charge in [-0.05, 0) is 23.8 Å². The van der Waals surface area contributed by atoms with Gasteiger partial charge in [0.05, 0.1) is 25.3 Å². The number of amides is 1. The van der Waals surface area contributed by atoms with Crippen molar-refractivity contribution in [2.75, 3.05) is 13.7 Å². The highest BCUT2D eigenvalue weighted by Crippen LogP contribution is 2.04. The van der Waals surface area contributed by atoms with Crippen LogP contribution >= 0.6 is 0 Å². The smallest absolute Gasteiger partial charge is 0.336 e. The second-order valence-electron chi connectivity index (χ2n) is 3.85. The number of aliphatic hydroxyl groups excluding tert-OH is 1. The van der Waals surface area contributed by atoms with Crippen molar-refractivity contribution in [3.8, 4) is 6.07 Å². The number of benzene rings is 1. The Bertz CT molecular complexity index is 543. The van der Waals surface area contributed by atoms with Crippen molar-refractivity contribution in [3.63, 3.8) is 0 Å². The van der Waals surface area contributed by atoms with Crippen molar-refractivity contribution in [1.29, 1.82) is 5.26 Å². The minimum Gasteiger partial charge on any atom is -0.467 e. The predicted molar refractivity (Wildman–Crippen MR) is 71.2 cm³/mol. The largest absolute Gasteiger partial charge is 0.467 e. The number of ether oxygens (including phenoxy) is 1. The summed E-state index contributed by atoms with van der Waals surface area (Å²) in [4.78, 5) is 22.3. The molecule has 1 atom stereocenters. The minimum absolute atomic E-state index is 0.219. The van der Waals surface area contributed by atoms with E-state index in [1.54, 1.807) is 30.3 Å². The first-order chi connectivity index (χ1) is 9.56. The monoisotopic (exact) mass is 274 g/mol. The summed E-state index contributed by atoms with van der Waals surface area (Å²) in [5.41, 5.74) is 1.29. The fourth-order valence-electron chi connectivity index (χ4n) is 1.32. The van der Waals surface area contributed by atoms with Crippen molar-refractivity contribution in [2.45, 2.75) is 6.10 Å². The highest BCUT2D eigenvalue weighted by molar-refractivity contribution is 5.92. The molecule has 1 rings (SSSR count). The van der Waals surface area contributed by atoms with E-state index in [-0.39, 0.29) is 6.54 Å². The number of nitriles is 1. The van der Waals surface area contributed by atoms with Crippen LogP contribution in [-0.2, 0) is 14.3 Å². The molecule has 0 aliphatic carbocycles. The molecule has 0 spiro atoms. The number of aliphatic hydroxyl groups is 1. The molecule has 0 heterocycles. The Balaban J connectivity index is 2.47. The molecule has 20 heavy (non-hydrogen) atoms. The van der Waals surface area contributed by atoms with E-state index in [2.05, 4.69) is 10.1 Å². The van der Waals surface area contributed by atoms with E-state index in [0.29, 0.717) is 5.56 Å². The summed E-state index contributed by atoms with van der Waals surface area (Å²) in [6.45, 7) is -0.219. The van der Waals surface area contributed by atoms with E-state index >= 15 is 0 Å². The van der Waals surface area contributed by atoms with Crippen LogP contribution in [0.1, 0.15) is 11.1 Å². The topological polar surface area (TPSA) is 99.4 Å². The summed E-state index contributed by atoms with van der Waals surface area (Å²) in [7, 11) is 1.15. The molecule has 1 aromatic rings. The molecule has 1 aromatic carbocycles. The molecule has 0 aliphatic rings. The molecule has 2 N–H and O–H groups in total. The van der Waals surface area contributed by atoms with Gasteiger partial charge < -0.3 is 15.2 Å². The van der Waals surface area contributed by atoms with Crippen LogP contribution in [0, 0.1) is 11.3 Å². The van der Waals surface area contributed by atoms with Gasteiger partial charge in [0.2, 0.25) is 5.91 Å². The Morgan fingerprint density at radius 1 is 1.45 bits per heavy atom. The Morgan fingerprint density at radius 3 is 2.65 bits per heavy atom. The lowest BCUT2D eigenvalue weighted by molar-refractivity contribution is -0.150. The number of rotatable bonds is 5. The van der Waals surface area contributed by atoms with Crippen LogP contribution < -0.4 is 5.32 Å². The molecular formula is C14H14N2O4. The first kappa shape index (κ1) is 15.4. The molecule has 1 unspecified atom stereocenters. The summed E-state index contributed by atoms with van der Waals surface area (Å²) < 4.78 is 4.31. The zero-order valence-electron chi connectivity index (χ0n) is 10.9.